The molecule has 4 rings (SSSR count). The molecule has 3 atom stereocenters. The van der Waals surface area contributed by atoms with E-state index in [1.165, 1.54) is 31.4 Å². The maximum atomic E-state index is 3.89. The van der Waals surface area contributed by atoms with E-state index in [0.717, 1.165) is 17.5 Å². The lowest BCUT2D eigenvalue weighted by molar-refractivity contribution is 0.440. The van der Waals surface area contributed by atoms with E-state index in [4.69, 9.17) is 0 Å². The summed E-state index contributed by atoms with van der Waals surface area (Å²) >= 11 is 0. The van der Waals surface area contributed by atoms with Crippen molar-refractivity contribution >= 4 is 5.69 Å². The Kier molecular flexibility index (Phi) is 2.50. The Morgan fingerprint density at radius 3 is 2.63 bits per heavy atom. The van der Waals surface area contributed by atoms with Crippen molar-refractivity contribution in [3.63, 3.8) is 0 Å². The van der Waals surface area contributed by atoms with Crippen LogP contribution >= 0.6 is 0 Å². The van der Waals surface area contributed by atoms with Gasteiger partial charge in [0.05, 0.1) is 5.69 Å². The quantitative estimate of drug-likeness (QED) is 0.914. The van der Waals surface area contributed by atoms with Crippen molar-refractivity contribution in [2.45, 2.75) is 31.7 Å². The first-order chi connectivity index (χ1) is 9.38. The Bertz CT molecular complexity index is 548. The molecule has 0 radical (unpaired) electrons. The van der Waals surface area contributed by atoms with Crippen molar-refractivity contribution in [3.8, 4) is 5.69 Å². The molecule has 1 N–H and O–H groups in total. The van der Waals surface area contributed by atoms with E-state index in [1.54, 1.807) is 11.0 Å². The Labute approximate surface area is 112 Å². The molecule has 2 aliphatic carbocycles. The highest BCUT2D eigenvalue weighted by Gasteiger charge is 2.39. The second-order valence-corrected chi connectivity index (χ2v) is 5.73. The molecule has 0 saturated heterocycles. The third kappa shape index (κ3) is 1.99. The minimum Gasteiger partial charge on any atom is -0.382 e. The van der Waals surface area contributed by atoms with E-state index in [2.05, 4.69) is 33.0 Å². The van der Waals surface area contributed by atoms with Crippen LogP contribution < -0.4 is 5.32 Å². The summed E-state index contributed by atoms with van der Waals surface area (Å²) < 4.78 is 1.67. The first kappa shape index (κ1) is 11.0. The van der Waals surface area contributed by atoms with Crippen LogP contribution in [-0.2, 0) is 0 Å². The number of rotatable bonds is 3. The minimum atomic E-state index is 0.678. The van der Waals surface area contributed by atoms with Crippen molar-refractivity contribution in [3.05, 3.63) is 30.6 Å². The maximum Gasteiger partial charge on any atom is 0.143 e. The topological polar surface area (TPSA) is 55.6 Å². The fourth-order valence-corrected chi connectivity index (χ4v) is 3.63. The van der Waals surface area contributed by atoms with Gasteiger partial charge in [-0.05, 0) is 65.8 Å². The van der Waals surface area contributed by atoms with Crippen LogP contribution in [0.15, 0.2) is 30.6 Å². The van der Waals surface area contributed by atoms with E-state index in [1.807, 2.05) is 12.1 Å². The molecule has 19 heavy (non-hydrogen) atoms. The largest absolute Gasteiger partial charge is 0.382 e. The lowest BCUT2D eigenvalue weighted by atomic mass is 9.95. The molecule has 5 nitrogen and oxygen atoms in total. The SMILES string of the molecule is c1cc(-n2cnnn2)ccc1NC1CC2CCC1C2. The summed E-state index contributed by atoms with van der Waals surface area (Å²) in [6.07, 6.45) is 7.24. The van der Waals surface area contributed by atoms with Crippen molar-refractivity contribution in [1.82, 2.24) is 20.2 Å². The van der Waals surface area contributed by atoms with Gasteiger partial charge >= 0.3 is 0 Å². The number of benzene rings is 1. The van der Waals surface area contributed by atoms with Crippen LogP contribution in [-0.4, -0.2) is 26.2 Å². The number of tetrazole rings is 1. The Morgan fingerprint density at radius 1 is 1.11 bits per heavy atom. The van der Waals surface area contributed by atoms with Crippen molar-refractivity contribution in [2.75, 3.05) is 5.32 Å². The van der Waals surface area contributed by atoms with Gasteiger partial charge < -0.3 is 5.32 Å². The third-order valence-electron chi connectivity index (χ3n) is 4.57. The number of fused-ring (bicyclic) bond motifs is 2. The molecule has 1 aromatic carbocycles. The predicted octanol–water partition coefficient (Wildman–Crippen LogP) is 2.26. The minimum absolute atomic E-state index is 0.678. The number of nitrogens with zero attached hydrogens (tertiary/aromatic N) is 4. The standard InChI is InChI=1S/C14H17N5/c1-2-11-7-10(1)8-14(11)16-12-3-5-13(6-4-12)19-9-15-17-18-19/h3-6,9-11,14,16H,1-2,7-8H2. The van der Waals surface area contributed by atoms with Crippen molar-refractivity contribution in [1.29, 1.82) is 0 Å². The third-order valence-corrected chi connectivity index (χ3v) is 4.57. The molecule has 0 amide bonds. The van der Waals surface area contributed by atoms with Crippen LogP contribution in [0, 0.1) is 11.8 Å². The molecule has 2 fully saturated rings. The van der Waals surface area contributed by atoms with Gasteiger partial charge in [0.15, 0.2) is 0 Å². The van der Waals surface area contributed by atoms with Gasteiger partial charge in [0.25, 0.3) is 0 Å². The Hall–Kier alpha value is -1.91. The molecule has 2 saturated carbocycles. The van der Waals surface area contributed by atoms with Gasteiger partial charge in [-0.2, -0.15) is 0 Å². The van der Waals surface area contributed by atoms with Gasteiger partial charge in [0, 0.05) is 11.7 Å². The summed E-state index contributed by atoms with van der Waals surface area (Å²) in [6.45, 7) is 0. The zero-order chi connectivity index (χ0) is 12.7. The molecule has 0 aliphatic heterocycles. The van der Waals surface area contributed by atoms with Crippen LogP contribution in [0.25, 0.3) is 5.69 Å². The summed E-state index contributed by atoms with van der Waals surface area (Å²) in [4.78, 5) is 0. The summed E-state index contributed by atoms with van der Waals surface area (Å²) in [5.41, 5.74) is 2.19. The second-order valence-electron chi connectivity index (χ2n) is 5.73. The number of anilines is 1. The Morgan fingerprint density at radius 2 is 2.00 bits per heavy atom. The van der Waals surface area contributed by atoms with Gasteiger partial charge in [0.2, 0.25) is 0 Å². The zero-order valence-corrected chi connectivity index (χ0v) is 10.7. The Balaban J connectivity index is 1.48. The van der Waals surface area contributed by atoms with Crippen LogP contribution in [0.2, 0.25) is 0 Å². The number of hydrogen-bond acceptors (Lipinski definition) is 4. The normalized spacial score (nSPS) is 28.7. The molecule has 0 spiro atoms. The van der Waals surface area contributed by atoms with Crippen molar-refractivity contribution in [2.24, 2.45) is 11.8 Å². The second kappa shape index (κ2) is 4.33. The summed E-state index contributed by atoms with van der Waals surface area (Å²) in [5, 5.41) is 14.9. The van der Waals surface area contributed by atoms with Crippen LogP contribution in [0.1, 0.15) is 25.7 Å². The first-order valence-electron chi connectivity index (χ1n) is 6.98. The predicted molar refractivity (Wildman–Crippen MR) is 72.0 cm³/mol. The van der Waals surface area contributed by atoms with E-state index in [-0.39, 0.29) is 0 Å². The highest BCUT2D eigenvalue weighted by atomic mass is 15.5. The monoisotopic (exact) mass is 255 g/mol. The van der Waals surface area contributed by atoms with Crippen LogP contribution in [0.4, 0.5) is 5.69 Å². The highest BCUT2D eigenvalue weighted by molar-refractivity contribution is 5.49. The molecule has 1 heterocycles. The average Bonchev–Trinajstić information content (AvgIpc) is 3.17. The molecular weight excluding hydrogens is 238 g/mol. The number of aromatic nitrogens is 4. The average molecular weight is 255 g/mol. The molecule has 3 unspecified atom stereocenters. The molecule has 2 aliphatic rings. The summed E-state index contributed by atoms with van der Waals surface area (Å²) in [7, 11) is 0. The molecule has 1 aromatic heterocycles. The van der Waals surface area contributed by atoms with Gasteiger partial charge in [-0.15, -0.1) is 5.10 Å². The molecule has 5 heteroatoms. The fraction of sp³-hybridized carbons (Fsp3) is 0.500. The van der Waals surface area contributed by atoms with Gasteiger partial charge in [-0.25, -0.2) is 4.68 Å². The lowest BCUT2D eigenvalue weighted by Gasteiger charge is -2.24. The van der Waals surface area contributed by atoms with Crippen molar-refractivity contribution < 1.29 is 0 Å². The lowest BCUT2D eigenvalue weighted by Crippen LogP contribution is -2.25. The summed E-state index contributed by atoms with van der Waals surface area (Å²) in [5.74, 6) is 1.87. The first-order valence-corrected chi connectivity index (χ1v) is 6.98. The number of nitrogens with one attached hydrogen (secondary N) is 1. The van der Waals surface area contributed by atoms with E-state index in [0.29, 0.717) is 6.04 Å². The molecule has 2 bridgehead atoms. The smallest absolute Gasteiger partial charge is 0.143 e. The molecule has 98 valence electrons. The zero-order valence-electron chi connectivity index (χ0n) is 10.7. The molecular formula is C14H17N5. The summed E-state index contributed by atoms with van der Waals surface area (Å²) in [6, 6.07) is 9.00. The number of hydrogen-bond donors (Lipinski definition) is 1. The van der Waals surface area contributed by atoms with Crippen LogP contribution in [0.3, 0.4) is 0 Å². The van der Waals surface area contributed by atoms with Gasteiger partial charge in [0.1, 0.15) is 6.33 Å². The highest BCUT2D eigenvalue weighted by Crippen LogP contribution is 2.45. The van der Waals surface area contributed by atoms with Gasteiger partial charge in [-0.1, -0.05) is 6.42 Å². The fourth-order valence-electron chi connectivity index (χ4n) is 3.63. The van der Waals surface area contributed by atoms with Crippen LogP contribution in [0.5, 0.6) is 0 Å². The van der Waals surface area contributed by atoms with E-state index < -0.39 is 0 Å². The molecule has 2 aromatic rings. The maximum absolute atomic E-state index is 3.89. The van der Waals surface area contributed by atoms with Gasteiger partial charge in [-0.3, -0.25) is 0 Å². The van der Waals surface area contributed by atoms with E-state index >= 15 is 0 Å². The van der Waals surface area contributed by atoms with E-state index in [9.17, 15) is 0 Å².